The lowest BCUT2D eigenvalue weighted by molar-refractivity contribution is 0.172. The summed E-state index contributed by atoms with van der Waals surface area (Å²) in [6, 6.07) is 11.5. The Morgan fingerprint density at radius 1 is 1.21 bits per heavy atom. The first-order valence-electron chi connectivity index (χ1n) is 11.2. The molecule has 2 aromatic carbocycles. The summed E-state index contributed by atoms with van der Waals surface area (Å²) in [5.41, 5.74) is 2.62. The van der Waals surface area contributed by atoms with Crippen LogP contribution in [0.25, 0.3) is 10.1 Å². The van der Waals surface area contributed by atoms with Crippen LogP contribution < -0.4 is 19.1 Å². The molecule has 0 amide bonds. The van der Waals surface area contributed by atoms with Gasteiger partial charge in [-0.1, -0.05) is 6.07 Å². The van der Waals surface area contributed by atoms with Crippen LogP contribution in [0.2, 0.25) is 0 Å². The van der Waals surface area contributed by atoms with Gasteiger partial charge in [-0.3, -0.25) is 0 Å². The molecule has 0 bridgehead atoms. The Balaban J connectivity index is 1.13. The number of nitrogens with one attached hydrogen (secondary N) is 1. The van der Waals surface area contributed by atoms with Gasteiger partial charge in [0.2, 0.25) is 10.0 Å². The lowest BCUT2D eigenvalue weighted by Crippen LogP contribution is -2.29. The minimum Gasteiger partial charge on any atom is -0.492 e. The van der Waals surface area contributed by atoms with E-state index in [-0.39, 0.29) is 6.73 Å². The second-order valence-corrected chi connectivity index (χ2v) is 11.6. The SMILES string of the molecule is CS(=O)(=O)N1COc2ccc(C(O)CNCCOc3ccc4c5c(sc4c3)CCCC5)cc21. The van der Waals surface area contributed by atoms with E-state index in [0.29, 0.717) is 36.7 Å². The fourth-order valence-corrected chi connectivity index (χ4v) is 6.53. The summed E-state index contributed by atoms with van der Waals surface area (Å²) >= 11 is 1.89. The topological polar surface area (TPSA) is 88.1 Å². The third-order valence-corrected chi connectivity index (χ3v) is 8.55. The first kappa shape index (κ1) is 22.5. The van der Waals surface area contributed by atoms with Gasteiger partial charge in [-0.05, 0) is 72.5 Å². The molecular formula is C24H28N2O5S2. The Bertz CT molecular complexity index is 1270. The predicted octanol–water partition coefficient (Wildman–Crippen LogP) is 3.60. The van der Waals surface area contributed by atoms with Gasteiger partial charge in [-0.25, -0.2) is 12.7 Å². The maximum Gasteiger partial charge on any atom is 0.235 e. The molecule has 3 aromatic rings. The third kappa shape index (κ3) is 4.68. The van der Waals surface area contributed by atoms with Gasteiger partial charge in [-0.2, -0.15) is 0 Å². The van der Waals surface area contributed by atoms with Crippen LogP contribution in [0.4, 0.5) is 5.69 Å². The minimum absolute atomic E-state index is 0.0385. The fourth-order valence-electron chi connectivity index (χ4n) is 4.46. The standard InChI is InChI=1S/C24H28N2O5S2/c1-33(28,29)26-15-31-22-9-6-16(12-20(22)26)21(27)14-25-10-11-30-17-7-8-19-18-4-2-3-5-23(18)32-24(19)13-17/h6-9,12-13,21,25,27H,2-5,10-11,14-15H2,1H3. The molecule has 176 valence electrons. The van der Waals surface area contributed by atoms with Gasteiger partial charge >= 0.3 is 0 Å². The number of aliphatic hydroxyl groups excluding tert-OH is 1. The summed E-state index contributed by atoms with van der Waals surface area (Å²) < 4.78 is 37.7. The maximum atomic E-state index is 11.9. The molecule has 33 heavy (non-hydrogen) atoms. The fraction of sp³-hybridized carbons (Fsp3) is 0.417. The van der Waals surface area contributed by atoms with E-state index in [4.69, 9.17) is 9.47 Å². The van der Waals surface area contributed by atoms with Gasteiger partial charge < -0.3 is 19.9 Å². The molecule has 0 spiro atoms. The Kier molecular flexibility index (Phi) is 6.22. The third-order valence-electron chi connectivity index (χ3n) is 6.19. The van der Waals surface area contributed by atoms with E-state index in [1.165, 1.54) is 50.5 Å². The largest absolute Gasteiger partial charge is 0.492 e. The van der Waals surface area contributed by atoms with Crippen molar-refractivity contribution in [2.45, 2.75) is 31.8 Å². The molecule has 1 aliphatic heterocycles. The zero-order valence-electron chi connectivity index (χ0n) is 18.5. The highest BCUT2D eigenvalue weighted by Crippen LogP contribution is 2.38. The first-order valence-corrected chi connectivity index (χ1v) is 13.9. The Morgan fingerprint density at radius 2 is 2.06 bits per heavy atom. The van der Waals surface area contributed by atoms with Crippen molar-refractivity contribution >= 4 is 37.1 Å². The van der Waals surface area contributed by atoms with Crippen molar-refractivity contribution in [3.8, 4) is 11.5 Å². The zero-order chi connectivity index (χ0) is 23.0. The quantitative estimate of drug-likeness (QED) is 0.471. The molecule has 1 unspecified atom stereocenters. The minimum atomic E-state index is -3.43. The lowest BCUT2D eigenvalue weighted by atomic mass is 9.96. The highest BCUT2D eigenvalue weighted by Gasteiger charge is 2.28. The summed E-state index contributed by atoms with van der Waals surface area (Å²) in [5.74, 6) is 1.37. The van der Waals surface area contributed by atoms with Crippen LogP contribution in [0.1, 0.15) is 34.9 Å². The van der Waals surface area contributed by atoms with Crippen molar-refractivity contribution in [2.24, 2.45) is 0 Å². The average molecular weight is 489 g/mol. The van der Waals surface area contributed by atoms with Crippen molar-refractivity contribution in [3.63, 3.8) is 0 Å². The molecule has 1 atom stereocenters. The highest BCUT2D eigenvalue weighted by molar-refractivity contribution is 7.92. The second-order valence-electron chi connectivity index (χ2n) is 8.55. The number of anilines is 1. The summed E-state index contributed by atoms with van der Waals surface area (Å²) in [4.78, 5) is 1.53. The molecule has 1 aliphatic carbocycles. The monoisotopic (exact) mass is 488 g/mol. The number of hydrogen-bond donors (Lipinski definition) is 2. The molecule has 1 aromatic heterocycles. The van der Waals surface area contributed by atoms with Crippen molar-refractivity contribution in [1.29, 1.82) is 0 Å². The molecule has 5 rings (SSSR count). The lowest BCUT2D eigenvalue weighted by Gasteiger charge is -2.16. The number of aryl methyl sites for hydroxylation is 2. The van der Waals surface area contributed by atoms with E-state index in [2.05, 4.69) is 17.4 Å². The average Bonchev–Trinajstić information content (AvgIpc) is 3.39. The van der Waals surface area contributed by atoms with Gasteiger partial charge in [-0.15, -0.1) is 11.3 Å². The summed E-state index contributed by atoms with van der Waals surface area (Å²) in [6.07, 6.45) is 5.32. The zero-order valence-corrected chi connectivity index (χ0v) is 20.2. The van der Waals surface area contributed by atoms with Crippen LogP contribution in [-0.2, 0) is 22.9 Å². The Hall–Kier alpha value is -2.33. The number of ether oxygens (including phenoxy) is 2. The number of rotatable bonds is 8. The van der Waals surface area contributed by atoms with Crippen molar-refractivity contribution in [3.05, 3.63) is 52.4 Å². The van der Waals surface area contributed by atoms with Crippen molar-refractivity contribution in [1.82, 2.24) is 5.32 Å². The number of fused-ring (bicyclic) bond motifs is 4. The molecule has 0 saturated heterocycles. The van der Waals surface area contributed by atoms with Crippen molar-refractivity contribution < 1.29 is 23.0 Å². The number of thiophene rings is 1. The number of aliphatic hydroxyl groups is 1. The van der Waals surface area contributed by atoms with Gasteiger partial charge in [0.15, 0.2) is 6.73 Å². The van der Waals surface area contributed by atoms with E-state index in [0.717, 1.165) is 12.0 Å². The molecular weight excluding hydrogens is 460 g/mol. The van der Waals surface area contributed by atoms with Crippen molar-refractivity contribution in [2.75, 3.05) is 37.0 Å². The van der Waals surface area contributed by atoms with E-state index >= 15 is 0 Å². The molecule has 9 heteroatoms. The van der Waals surface area contributed by atoms with Gasteiger partial charge in [0.05, 0.1) is 18.0 Å². The van der Waals surface area contributed by atoms with E-state index in [1.54, 1.807) is 18.2 Å². The predicted molar refractivity (Wildman–Crippen MR) is 131 cm³/mol. The maximum absolute atomic E-state index is 11.9. The van der Waals surface area contributed by atoms with Gasteiger partial charge in [0.25, 0.3) is 0 Å². The molecule has 2 N–H and O–H groups in total. The van der Waals surface area contributed by atoms with Crippen LogP contribution in [-0.4, -0.2) is 46.2 Å². The van der Waals surface area contributed by atoms with Crippen LogP contribution in [0, 0.1) is 0 Å². The van der Waals surface area contributed by atoms with Gasteiger partial charge in [0.1, 0.15) is 18.1 Å². The summed E-state index contributed by atoms with van der Waals surface area (Å²) in [6.45, 7) is 1.37. The molecule has 2 heterocycles. The number of benzene rings is 2. The smallest absolute Gasteiger partial charge is 0.235 e. The molecule has 7 nitrogen and oxygen atoms in total. The second kappa shape index (κ2) is 9.13. The van der Waals surface area contributed by atoms with Crippen LogP contribution in [0.3, 0.4) is 0 Å². The number of nitrogens with zero attached hydrogens (tertiary/aromatic N) is 1. The molecule has 0 saturated carbocycles. The number of sulfonamides is 1. The van der Waals surface area contributed by atoms with Crippen LogP contribution >= 0.6 is 11.3 Å². The molecule has 0 fully saturated rings. The molecule has 0 radical (unpaired) electrons. The van der Waals surface area contributed by atoms with Crippen LogP contribution in [0.15, 0.2) is 36.4 Å². The van der Waals surface area contributed by atoms with Crippen LogP contribution in [0.5, 0.6) is 11.5 Å². The first-order chi connectivity index (χ1) is 15.9. The summed E-state index contributed by atoms with van der Waals surface area (Å²) in [7, 11) is -3.43. The van der Waals surface area contributed by atoms with E-state index < -0.39 is 16.1 Å². The Morgan fingerprint density at radius 3 is 2.91 bits per heavy atom. The highest BCUT2D eigenvalue weighted by atomic mass is 32.2. The summed E-state index contributed by atoms with van der Waals surface area (Å²) in [5, 5.41) is 15.1. The van der Waals surface area contributed by atoms with E-state index in [1.807, 2.05) is 17.4 Å². The van der Waals surface area contributed by atoms with E-state index in [9.17, 15) is 13.5 Å². The van der Waals surface area contributed by atoms with Gasteiger partial charge in [0, 0.05) is 22.7 Å². The molecule has 2 aliphatic rings. The number of hydrogen-bond acceptors (Lipinski definition) is 7. The Labute approximate surface area is 198 Å². The normalized spacial score (nSPS) is 16.4.